The average molecular weight is 213 g/mol. The number of hydrogen-bond donors (Lipinski definition) is 0. The van der Waals surface area contributed by atoms with Gasteiger partial charge < -0.3 is 0 Å². The molecule has 0 rings (SSSR count). The molecule has 0 aromatic rings. The predicted molar refractivity (Wildman–Crippen MR) is 69.2 cm³/mol. The van der Waals surface area contributed by atoms with Crippen molar-refractivity contribution in [1.82, 2.24) is 0 Å². The van der Waals surface area contributed by atoms with Gasteiger partial charge in [-0.1, -0.05) is 72.8 Å². The predicted octanol–water partition coefficient (Wildman–Crippen LogP) is 5.61. The first-order valence-corrected chi connectivity index (χ1v) is 7.38. The number of hydrogen-bond acceptors (Lipinski definition) is 0. The Morgan fingerprint density at radius 1 is 0.857 bits per heavy atom. The van der Waals surface area contributed by atoms with Crippen molar-refractivity contribution < 1.29 is 0 Å². The molecule has 0 spiro atoms. The summed E-state index contributed by atoms with van der Waals surface area (Å²) in [6.45, 7) is 4.47. The second kappa shape index (κ2) is 13.2. The van der Waals surface area contributed by atoms with Crippen LogP contribution in [0.1, 0.15) is 65.2 Å². The summed E-state index contributed by atoms with van der Waals surface area (Å²) >= 11 is 0. The molecule has 0 N–H and O–H groups in total. The zero-order valence-corrected chi connectivity index (χ0v) is 10.9. The molecule has 0 aromatic heterocycles. The van der Waals surface area contributed by atoms with Crippen LogP contribution in [0.5, 0.6) is 0 Å². The van der Waals surface area contributed by atoms with Crippen LogP contribution in [0.15, 0.2) is 11.9 Å². The molecular weight excluding hydrogens is 187 g/mol. The summed E-state index contributed by atoms with van der Waals surface area (Å²) in [6.07, 6.45) is 14.8. The van der Waals surface area contributed by atoms with Gasteiger partial charge in [-0.3, -0.25) is 0 Å². The highest BCUT2D eigenvalue weighted by molar-refractivity contribution is 7.41. The van der Waals surface area contributed by atoms with Crippen LogP contribution < -0.4 is 0 Å². The molecule has 83 valence electrons. The molecule has 0 unspecified atom stereocenters. The monoisotopic (exact) mass is 213 g/mol. The van der Waals surface area contributed by atoms with Gasteiger partial charge in [-0.15, -0.1) is 0 Å². The third kappa shape index (κ3) is 12.2. The minimum Gasteiger partial charge on any atom is -0.0840 e. The molecule has 1 heteroatoms. The van der Waals surface area contributed by atoms with Crippen LogP contribution in [0.2, 0.25) is 0 Å². The van der Waals surface area contributed by atoms with E-state index in [4.69, 9.17) is 0 Å². The van der Waals surface area contributed by atoms with Crippen LogP contribution in [0, 0.1) is 0 Å². The summed E-state index contributed by atoms with van der Waals surface area (Å²) in [5.41, 5.74) is 0. The smallest absolute Gasteiger partial charge is 0.0250 e. The van der Waals surface area contributed by atoms with E-state index in [-0.39, 0.29) is 0 Å². The molecule has 0 fully saturated rings. The van der Waals surface area contributed by atoms with Gasteiger partial charge in [-0.05, 0) is 19.0 Å². The minimum absolute atomic E-state index is 1.18. The van der Waals surface area contributed by atoms with Crippen LogP contribution in [0.25, 0.3) is 0 Å². The number of allylic oxidation sites excluding steroid dienone is 1. The van der Waals surface area contributed by atoms with E-state index >= 15 is 0 Å². The molecule has 0 heterocycles. The molecule has 1 radical (unpaired) electrons. The Morgan fingerprint density at radius 2 is 1.50 bits per heavy atom. The van der Waals surface area contributed by atoms with Crippen molar-refractivity contribution in [3.63, 3.8) is 0 Å². The van der Waals surface area contributed by atoms with Gasteiger partial charge in [0.1, 0.15) is 0 Å². The third-order valence-corrected chi connectivity index (χ3v) is 3.33. The highest BCUT2D eigenvalue weighted by Crippen LogP contribution is 2.16. The van der Waals surface area contributed by atoms with E-state index in [0.717, 1.165) is 0 Å². The maximum absolute atomic E-state index is 2.30. The maximum atomic E-state index is 2.30. The molecule has 0 amide bonds. The Kier molecular flexibility index (Phi) is 13.3. The molecule has 0 aromatic carbocycles. The van der Waals surface area contributed by atoms with Gasteiger partial charge >= 0.3 is 0 Å². The fourth-order valence-corrected chi connectivity index (χ4v) is 2.33. The Bertz CT molecular complexity index is 118. The molecule has 0 aliphatic heterocycles. The van der Waals surface area contributed by atoms with Gasteiger partial charge in [0.15, 0.2) is 0 Å². The third-order valence-electron chi connectivity index (χ3n) is 2.34. The number of unbranched alkanes of at least 4 members (excludes halogenated alkanes) is 6. The summed E-state index contributed by atoms with van der Waals surface area (Å²) in [6, 6.07) is 0. The van der Waals surface area contributed by atoms with E-state index in [1.807, 2.05) is 0 Å². The van der Waals surface area contributed by atoms with Crippen molar-refractivity contribution >= 4 is 8.58 Å². The second-order valence-electron chi connectivity index (χ2n) is 3.82. The summed E-state index contributed by atoms with van der Waals surface area (Å²) in [5.74, 6) is 2.30. The standard InChI is InChI=1S/C13H26P/c1-3-5-7-8-9-10-11-13-14-12-6-4-2/h6,12H,3-5,7-11,13H2,1-2H3. The molecule has 0 saturated carbocycles. The first-order valence-electron chi connectivity index (χ1n) is 6.23. The number of rotatable bonds is 10. The highest BCUT2D eigenvalue weighted by Gasteiger charge is 1.90. The molecular formula is C13H26P. The van der Waals surface area contributed by atoms with Gasteiger partial charge in [0.25, 0.3) is 0 Å². The van der Waals surface area contributed by atoms with Gasteiger partial charge in [-0.2, -0.15) is 0 Å². The van der Waals surface area contributed by atoms with Gasteiger partial charge in [-0.25, -0.2) is 0 Å². The Balaban J connectivity index is 2.88. The summed E-state index contributed by atoms with van der Waals surface area (Å²) < 4.78 is 0. The second-order valence-corrected chi connectivity index (χ2v) is 4.93. The topological polar surface area (TPSA) is 0 Å². The zero-order chi connectivity index (χ0) is 10.5. The van der Waals surface area contributed by atoms with Crippen molar-refractivity contribution in [2.24, 2.45) is 0 Å². The van der Waals surface area contributed by atoms with Crippen molar-refractivity contribution in [1.29, 1.82) is 0 Å². The fraction of sp³-hybridized carbons (Fsp3) is 0.846. The quantitative estimate of drug-likeness (QED) is 0.327. The van der Waals surface area contributed by atoms with Crippen LogP contribution in [0.3, 0.4) is 0 Å². The zero-order valence-electron chi connectivity index (χ0n) is 9.97. The summed E-state index contributed by atoms with van der Waals surface area (Å²) in [5, 5.41) is 0. The van der Waals surface area contributed by atoms with Crippen molar-refractivity contribution in [2.45, 2.75) is 65.2 Å². The largest absolute Gasteiger partial charge is 0.0840 e. The average Bonchev–Trinajstić information content (AvgIpc) is 2.21. The lowest BCUT2D eigenvalue weighted by molar-refractivity contribution is 0.603. The van der Waals surface area contributed by atoms with E-state index in [1.165, 1.54) is 66.1 Å². The summed E-state index contributed by atoms with van der Waals surface area (Å²) in [4.78, 5) is 0. The van der Waals surface area contributed by atoms with E-state index in [0.29, 0.717) is 0 Å². The molecule has 14 heavy (non-hydrogen) atoms. The van der Waals surface area contributed by atoms with Gasteiger partial charge in [0.05, 0.1) is 0 Å². The van der Waals surface area contributed by atoms with Gasteiger partial charge in [0, 0.05) is 0 Å². The molecule has 0 aliphatic carbocycles. The van der Waals surface area contributed by atoms with Crippen molar-refractivity contribution in [3.8, 4) is 0 Å². The maximum Gasteiger partial charge on any atom is -0.0250 e. The van der Waals surface area contributed by atoms with Gasteiger partial charge in [0.2, 0.25) is 0 Å². The highest BCUT2D eigenvalue weighted by atomic mass is 31.1. The van der Waals surface area contributed by atoms with E-state index in [1.54, 1.807) is 0 Å². The van der Waals surface area contributed by atoms with E-state index in [2.05, 4.69) is 25.7 Å². The van der Waals surface area contributed by atoms with Crippen molar-refractivity contribution in [2.75, 3.05) is 6.16 Å². The van der Waals surface area contributed by atoms with Crippen molar-refractivity contribution in [3.05, 3.63) is 11.9 Å². The Labute approximate surface area is 92.3 Å². The Hall–Kier alpha value is 0.170. The molecule has 0 saturated heterocycles. The van der Waals surface area contributed by atoms with Crippen LogP contribution in [-0.4, -0.2) is 6.16 Å². The van der Waals surface area contributed by atoms with E-state index < -0.39 is 0 Å². The van der Waals surface area contributed by atoms with Crippen LogP contribution in [0.4, 0.5) is 0 Å². The lowest BCUT2D eigenvalue weighted by Crippen LogP contribution is -1.80. The first kappa shape index (κ1) is 14.2. The molecule has 0 bridgehead atoms. The normalized spacial score (nSPS) is 12.1. The lowest BCUT2D eigenvalue weighted by atomic mass is 10.1. The fourth-order valence-electron chi connectivity index (χ4n) is 1.41. The molecule has 0 nitrogen and oxygen atoms in total. The molecule has 0 aliphatic rings. The SMILES string of the molecule is CCC=C[P]CCCCCCCCC. The lowest BCUT2D eigenvalue weighted by Gasteiger charge is -1.99. The minimum atomic E-state index is 1.18. The summed E-state index contributed by atoms with van der Waals surface area (Å²) in [7, 11) is 1.52. The first-order chi connectivity index (χ1) is 6.91. The molecule has 0 atom stereocenters. The Morgan fingerprint density at radius 3 is 2.14 bits per heavy atom. The van der Waals surface area contributed by atoms with Crippen LogP contribution in [-0.2, 0) is 0 Å². The van der Waals surface area contributed by atoms with Crippen LogP contribution >= 0.6 is 8.58 Å². The van der Waals surface area contributed by atoms with E-state index in [9.17, 15) is 0 Å².